The van der Waals surface area contributed by atoms with Crippen molar-refractivity contribution < 1.29 is 0 Å². The van der Waals surface area contributed by atoms with Gasteiger partial charge in [0.25, 0.3) is 0 Å². The number of nitriles is 1. The van der Waals surface area contributed by atoms with E-state index in [1.54, 1.807) is 4.68 Å². The smallest absolute Gasteiger partial charge is 0.185 e. The van der Waals surface area contributed by atoms with Crippen LogP contribution in [0, 0.1) is 18.3 Å². The molecule has 0 atom stereocenters. The van der Waals surface area contributed by atoms with Crippen LogP contribution in [0.25, 0.3) is 0 Å². The SMILES string of the molecule is Cc1nn(C)cc1CNc1nc(Cl)c(C#N)s1. The topological polar surface area (TPSA) is 66.5 Å². The second-order valence-electron chi connectivity index (χ2n) is 3.52. The predicted molar refractivity (Wildman–Crippen MR) is 67.1 cm³/mol. The van der Waals surface area contributed by atoms with Crippen LogP contribution in [-0.4, -0.2) is 14.8 Å². The Labute approximate surface area is 108 Å². The van der Waals surface area contributed by atoms with Crippen LogP contribution >= 0.6 is 22.9 Å². The van der Waals surface area contributed by atoms with Crippen molar-refractivity contribution in [3.05, 3.63) is 27.5 Å². The third-order valence-corrected chi connectivity index (χ3v) is 3.54. The second kappa shape index (κ2) is 4.73. The van der Waals surface area contributed by atoms with Gasteiger partial charge in [-0.2, -0.15) is 10.4 Å². The molecule has 0 unspecified atom stereocenters. The normalized spacial score (nSPS) is 10.2. The fourth-order valence-corrected chi connectivity index (χ4v) is 2.38. The van der Waals surface area contributed by atoms with Gasteiger partial charge in [0, 0.05) is 25.4 Å². The van der Waals surface area contributed by atoms with Gasteiger partial charge in [0.05, 0.1) is 5.69 Å². The lowest BCUT2D eigenvalue weighted by atomic mass is 10.3. The van der Waals surface area contributed by atoms with Gasteiger partial charge in [0.2, 0.25) is 0 Å². The van der Waals surface area contributed by atoms with E-state index < -0.39 is 0 Å². The van der Waals surface area contributed by atoms with Crippen molar-refractivity contribution in [1.29, 1.82) is 5.26 Å². The minimum Gasteiger partial charge on any atom is -0.357 e. The molecule has 88 valence electrons. The zero-order valence-electron chi connectivity index (χ0n) is 9.36. The van der Waals surface area contributed by atoms with Gasteiger partial charge in [-0.3, -0.25) is 4.68 Å². The van der Waals surface area contributed by atoms with E-state index in [4.69, 9.17) is 16.9 Å². The van der Waals surface area contributed by atoms with Crippen LogP contribution in [0.2, 0.25) is 5.15 Å². The molecule has 0 aliphatic carbocycles. The summed E-state index contributed by atoms with van der Waals surface area (Å²) < 4.78 is 1.77. The molecule has 1 N–H and O–H groups in total. The van der Waals surface area contributed by atoms with Crippen molar-refractivity contribution >= 4 is 28.1 Å². The molecule has 2 aromatic heterocycles. The zero-order chi connectivity index (χ0) is 12.4. The molecule has 2 aromatic rings. The van der Waals surface area contributed by atoms with Gasteiger partial charge < -0.3 is 5.32 Å². The predicted octanol–water partition coefficient (Wildman–Crippen LogP) is 2.32. The van der Waals surface area contributed by atoms with E-state index in [0.29, 0.717) is 16.6 Å². The number of hydrogen-bond donors (Lipinski definition) is 1. The quantitative estimate of drug-likeness (QED) is 0.927. The first-order valence-electron chi connectivity index (χ1n) is 4.89. The van der Waals surface area contributed by atoms with Gasteiger partial charge >= 0.3 is 0 Å². The summed E-state index contributed by atoms with van der Waals surface area (Å²) in [6.45, 7) is 2.57. The highest BCUT2D eigenvalue weighted by molar-refractivity contribution is 7.16. The lowest BCUT2D eigenvalue weighted by Crippen LogP contribution is -1.99. The summed E-state index contributed by atoms with van der Waals surface area (Å²) in [5.41, 5.74) is 2.07. The highest BCUT2D eigenvalue weighted by Crippen LogP contribution is 2.26. The molecule has 0 aliphatic heterocycles. The van der Waals surface area contributed by atoms with E-state index in [2.05, 4.69) is 15.4 Å². The molecule has 0 saturated carbocycles. The Kier molecular flexibility index (Phi) is 3.31. The molecule has 0 bridgehead atoms. The third-order valence-electron chi connectivity index (χ3n) is 2.23. The van der Waals surface area contributed by atoms with E-state index in [9.17, 15) is 0 Å². The lowest BCUT2D eigenvalue weighted by Gasteiger charge is -1.99. The Morgan fingerprint density at radius 3 is 2.94 bits per heavy atom. The van der Waals surface area contributed by atoms with Crippen LogP contribution in [0.5, 0.6) is 0 Å². The number of halogens is 1. The van der Waals surface area contributed by atoms with Gasteiger partial charge in [-0.1, -0.05) is 22.9 Å². The maximum atomic E-state index is 8.76. The molecular weight excluding hydrogens is 258 g/mol. The number of nitrogens with zero attached hydrogens (tertiary/aromatic N) is 4. The molecule has 2 rings (SSSR count). The van der Waals surface area contributed by atoms with Gasteiger partial charge in [-0.05, 0) is 6.92 Å². The molecule has 2 heterocycles. The number of rotatable bonds is 3. The Balaban J connectivity index is 2.07. The summed E-state index contributed by atoms with van der Waals surface area (Å²) in [7, 11) is 1.88. The Morgan fingerprint density at radius 1 is 1.65 bits per heavy atom. The number of anilines is 1. The summed E-state index contributed by atoms with van der Waals surface area (Å²) in [6, 6.07) is 2.00. The van der Waals surface area contributed by atoms with E-state index in [1.165, 1.54) is 11.3 Å². The highest BCUT2D eigenvalue weighted by atomic mass is 35.5. The monoisotopic (exact) mass is 267 g/mol. The van der Waals surface area contributed by atoms with E-state index in [0.717, 1.165) is 11.3 Å². The van der Waals surface area contributed by atoms with Crippen molar-refractivity contribution in [2.24, 2.45) is 7.05 Å². The maximum Gasteiger partial charge on any atom is 0.185 e. The van der Waals surface area contributed by atoms with Crippen LogP contribution < -0.4 is 5.32 Å². The molecule has 17 heavy (non-hydrogen) atoms. The van der Waals surface area contributed by atoms with Crippen molar-refractivity contribution in [1.82, 2.24) is 14.8 Å². The molecule has 0 aromatic carbocycles. The molecule has 7 heteroatoms. The van der Waals surface area contributed by atoms with E-state index >= 15 is 0 Å². The molecule has 0 saturated heterocycles. The maximum absolute atomic E-state index is 8.76. The summed E-state index contributed by atoms with van der Waals surface area (Å²) in [4.78, 5) is 4.48. The number of hydrogen-bond acceptors (Lipinski definition) is 5. The van der Waals surface area contributed by atoms with Gasteiger partial charge in [0.1, 0.15) is 10.9 Å². The average molecular weight is 268 g/mol. The van der Waals surface area contributed by atoms with Crippen LogP contribution in [0.15, 0.2) is 6.20 Å². The fourth-order valence-electron chi connectivity index (χ4n) is 1.44. The standard InChI is InChI=1S/C10H10ClN5S/c1-6-7(5-16(2)15-6)4-13-10-14-9(11)8(3-12)17-10/h5H,4H2,1-2H3,(H,13,14). The van der Waals surface area contributed by atoms with Crippen LogP contribution in [0.4, 0.5) is 5.13 Å². The summed E-state index contributed by atoms with van der Waals surface area (Å²) in [6.07, 6.45) is 1.95. The largest absolute Gasteiger partial charge is 0.357 e. The number of aryl methyl sites for hydroxylation is 2. The minimum absolute atomic E-state index is 0.253. The molecule has 0 aliphatic rings. The summed E-state index contributed by atoms with van der Waals surface area (Å²) in [5, 5.41) is 17.0. The number of thiazole rings is 1. The molecule has 0 spiro atoms. The van der Waals surface area contributed by atoms with Gasteiger partial charge in [-0.15, -0.1) is 0 Å². The van der Waals surface area contributed by atoms with Gasteiger partial charge in [-0.25, -0.2) is 4.98 Å². The summed E-state index contributed by atoms with van der Waals surface area (Å²) in [5.74, 6) is 0. The first kappa shape index (κ1) is 11.9. The number of nitrogens with one attached hydrogen (secondary N) is 1. The van der Waals surface area contributed by atoms with Crippen LogP contribution in [0.1, 0.15) is 16.1 Å². The van der Waals surface area contributed by atoms with E-state index in [1.807, 2.05) is 26.2 Å². The van der Waals surface area contributed by atoms with Crippen LogP contribution in [0.3, 0.4) is 0 Å². The Hall–Kier alpha value is -1.58. The molecule has 0 fully saturated rings. The Morgan fingerprint density at radius 2 is 2.41 bits per heavy atom. The number of aromatic nitrogens is 3. The van der Waals surface area contributed by atoms with Crippen molar-refractivity contribution in [3.8, 4) is 6.07 Å². The first-order valence-corrected chi connectivity index (χ1v) is 6.09. The van der Waals surface area contributed by atoms with Gasteiger partial charge in [0.15, 0.2) is 10.3 Å². The van der Waals surface area contributed by atoms with E-state index in [-0.39, 0.29) is 5.15 Å². The van der Waals surface area contributed by atoms with Crippen molar-refractivity contribution in [2.75, 3.05) is 5.32 Å². The molecule has 0 amide bonds. The fraction of sp³-hybridized carbons (Fsp3) is 0.300. The lowest BCUT2D eigenvalue weighted by molar-refractivity contribution is 0.756. The van der Waals surface area contributed by atoms with Crippen molar-refractivity contribution in [3.63, 3.8) is 0 Å². The minimum atomic E-state index is 0.253. The third kappa shape index (κ3) is 2.57. The second-order valence-corrected chi connectivity index (χ2v) is 4.87. The highest BCUT2D eigenvalue weighted by Gasteiger charge is 2.09. The molecular formula is C10H10ClN5S. The van der Waals surface area contributed by atoms with Crippen LogP contribution in [-0.2, 0) is 13.6 Å². The average Bonchev–Trinajstić information content (AvgIpc) is 2.79. The Bertz CT molecular complexity index is 580. The zero-order valence-corrected chi connectivity index (χ0v) is 10.9. The summed E-state index contributed by atoms with van der Waals surface area (Å²) >= 11 is 7.03. The molecule has 5 nitrogen and oxygen atoms in total. The van der Waals surface area contributed by atoms with Crippen molar-refractivity contribution in [2.45, 2.75) is 13.5 Å². The first-order chi connectivity index (χ1) is 8.10. The molecule has 0 radical (unpaired) electrons.